The first-order valence-corrected chi connectivity index (χ1v) is 12.1. The van der Waals surface area contributed by atoms with Crippen molar-refractivity contribution < 1.29 is 23.1 Å². The Morgan fingerprint density at radius 3 is 2.03 bits per heavy atom. The molecule has 0 radical (unpaired) electrons. The third kappa shape index (κ3) is 3.91. The van der Waals surface area contributed by atoms with Gasteiger partial charge in [0.2, 0.25) is 10.0 Å². The Morgan fingerprint density at radius 1 is 0.912 bits per heavy atom. The van der Waals surface area contributed by atoms with E-state index >= 15 is 0 Å². The van der Waals surface area contributed by atoms with Crippen LogP contribution in [0.15, 0.2) is 83.8 Å². The van der Waals surface area contributed by atoms with Crippen LogP contribution in [0.4, 0.5) is 5.69 Å². The normalized spacial score (nSPS) is 15.1. The van der Waals surface area contributed by atoms with E-state index in [1.807, 2.05) is 0 Å². The van der Waals surface area contributed by atoms with Gasteiger partial charge in [-0.1, -0.05) is 48.5 Å². The minimum atomic E-state index is -3.87. The molecule has 7 nitrogen and oxygen atoms in total. The molecule has 0 bridgehead atoms. The van der Waals surface area contributed by atoms with Crippen molar-refractivity contribution in [2.24, 2.45) is 0 Å². The van der Waals surface area contributed by atoms with Crippen LogP contribution in [0.5, 0.6) is 0 Å². The molecule has 0 aliphatic carbocycles. The highest BCUT2D eigenvalue weighted by Gasteiger charge is 2.40. The van der Waals surface area contributed by atoms with Crippen LogP contribution in [0.25, 0.3) is 11.3 Å². The van der Waals surface area contributed by atoms with Crippen LogP contribution < -0.4 is 4.90 Å². The molecule has 1 aliphatic rings. The predicted molar refractivity (Wildman–Crippen MR) is 131 cm³/mol. The van der Waals surface area contributed by atoms with Gasteiger partial charge in [-0.2, -0.15) is 4.31 Å². The maximum atomic E-state index is 13.5. The van der Waals surface area contributed by atoms with Crippen LogP contribution in [0.1, 0.15) is 35.3 Å². The van der Waals surface area contributed by atoms with Crippen molar-refractivity contribution in [1.29, 1.82) is 0 Å². The van der Waals surface area contributed by atoms with E-state index in [2.05, 4.69) is 0 Å². The summed E-state index contributed by atoms with van der Waals surface area (Å²) in [6.07, 6.45) is 0. The van der Waals surface area contributed by atoms with Crippen LogP contribution in [0.2, 0.25) is 0 Å². The maximum absolute atomic E-state index is 13.5. The zero-order valence-electron chi connectivity index (χ0n) is 19.0. The van der Waals surface area contributed by atoms with E-state index in [4.69, 9.17) is 0 Å². The molecule has 1 heterocycles. The number of imide groups is 1. The van der Waals surface area contributed by atoms with Crippen molar-refractivity contribution in [2.75, 3.05) is 11.9 Å². The highest BCUT2D eigenvalue weighted by molar-refractivity contribution is 7.89. The third-order valence-corrected chi connectivity index (χ3v) is 7.84. The van der Waals surface area contributed by atoms with E-state index in [1.165, 1.54) is 29.6 Å². The van der Waals surface area contributed by atoms with Crippen LogP contribution in [-0.2, 0) is 14.8 Å². The van der Waals surface area contributed by atoms with Crippen LogP contribution >= 0.6 is 0 Å². The van der Waals surface area contributed by atoms with Gasteiger partial charge >= 0.3 is 0 Å². The van der Waals surface area contributed by atoms with Gasteiger partial charge < -0.3 is 5.11 Å². The van der Waals surface area contributed by atoms with Gasteiger partial charge in [-0.15, -0.1) is 0 Å². The summed E-state index contributed by atoms with van der Waals surface area (Å²) >= 11 is 0. The summed E-state index contributed by atoms with van der Waals surface area (Å²) in [5.41, 5.74) is 0.919. The lowest BCUT2D eigenvalue weighted by Crippen LogP contribution is -2.34. The molecule has 0 aromatic heterocycles. The van der Waals surface area contributed by atoms with Gasteiger partial charge in [0.1, 0.15) is 5.76 Å². The van der Waals surface area contributed by atoms with Crippen molar-refractivity contribution >= 4 is 38.9 Å². The number of aliphatic hydroxyl groups is 1. The average Bonchev–Trinajstić information content (AvgIpc) is 3.14. The van der Waals surface area contributed by atoms with Gasteiger partial charge in [-0.3, -0.25) is 9.59 Å². The Kier molecular flexibility index (Phi) is 6.12. The van der Waals surface area contributed by atoms with E-state index in [0.717, 1.165) is 4.90 Å². The first-order valence-electron chi connectivity index (χ1n) is 10.7. The lowest BCUT2D eigenvalue weighted by atomic mass is 10.0. The second-order valence-corrected chi connectivity index (χ2v) is 10.2. The van der Waals surface area contributed by atoms with Gasteiger partial charge in [-0.25, -0.2) is 13.3 Å². The number of carbonyl (C=O) groups is 2. The molecule has 174 valence electrons. The van der Waals surface area contributed by atoms with E-state index in [0.29, 0.717) is 11.1 Å². The number of benzene rings is 3. The average molecular weight is 477 g/mol. The monoisotopic (exact) mass is 476 g/mol. The highest BCUT2D eigenvalue weighted by Crippen LogP contribution is 2.42. The van der Waals surface area contributed by atoms with Crippen molar-refractivity contribution in [2.45, 2.75) is 24.8 Å². The smallest absolute Gasteiger partial charge is 0.269 e. The first kappa shape index (κ1) is 23.4. The molecule has 2 amide bonds. The zero-order chi connectivity index (χ0) is 24.6. The summed E-state index contributed by atoms with van der Waals surface area (Å²) in [5, 5.41) is 11.1. The fraction of sp³-hybridized carbons (Fsp3) is 0.154. The van der Waals surface area contributed by atoms with Crippen LogP contribution in [0, 0.1) is 0 Å². The fourth-order valence-corrected chi connectivity index (χ4v) is 5.13. The minimum absolute atomic E-state index is 0.0392. The van der Waals surface area contributed by atoms with Gasteiger partial charge in [0.15, 0.2) is 0 Å². The topological polar surface area (TPSA) is 95.0 Å². The highest BCUT2D eigenvalue weighted by atomic mass is 32.2. The number of carbonyl (C=O) groups excluding carboxylic acids is 2. The second-order valence-electron chi connectivity index (χ2n) is 8.20. The predicted octanol–water partition coefficient (Wildman–Crippen LogP) is 4.33. The van der Waals surface area contributed by atoms with Gasteiger partial charge in [0.05, 0.1) is 16.2 Å². The molecule has 3 aromatic carbocycles. The molecule has 4 rings (SSSR count). The first-order chi connectivity index (χ1) is 16.1. The molecule has 0 unspecified atom stereocenters. The van der Waals surface area contributed by atoms with E-state index in [1.54, 1.807) is 74.5 Å². The number of rotatable bonds is 5. The Labute approximate surface area is 198 Å². The van der Waals surface area contributed by atoms with E-state index in [9.17, 15) is 23.1 Å². The summed E-state index contributed by atoms with van der Waals surface area (Å²) in [6.45, 7) is 3.50. The molecule has 1 N–H and O–H groups in total. The van der Waals surface area contributed by atoms with Crippen molar-refractivity contribution in [3.63, 3.8) is 0 Å². The molecule has 8 heteroatoms. The molecule has 0 saturated heterocycles. The Morgan fingerprint density at radius 2 is 1.47 bits per heavy atom. The molecule has 0 saturated carbocycles. The molecular formula is C26H24N2O5S. The molecule has 3 aromatic rings. The van der Waals surface area contributed by atoms with Crippen LogP contribution in [0.3, 0.4) is 0 Å². The van der Waals surface area contributed by atoms with Crippen LogP contribution in [-0.4, -0.2) is 42.7 Å². The minimum Gasteiger partial charge on any atom is -0.506 e. The molecule has 0 spiro atoms. The largest absolute Gasteiger partial charge is 0.506 e. The third-order valence-electron chi connectivity index (χ3n) is 5.81. The number of aliphatic hydroxyl groups excluding tert-OH is 1. The van der Waals surface area contributed by atoms with E-state index in [-0.39, 0.29) is 33.5 Å². The molecule has 0 atom stereocenters. The number of sulfonamides is 1. The summed E-state index contributed by atoms with van der Waals surface area (Å²) in [7, 11) is -2.39. The number of amides is 2. The van der Waals surface area contributed by atoms with Gasteiger partial charge in [0, 0.05) is 29.8 Å². The summed E-state index contributed by atoms with van der Waals surface area (Å²) in [6, 6.07) is 20.6. The quantitative estimate of drug-likeness (QED) is 0.336. The molecule has 34 heavy (non-hydrogen) atoms. The Balaban J connectivity index is 1.94. The molecule has 0 fully saturated rings. The molecule has 1 aliphatic heterocycles. The van der Waals surface area contributed by atoms with Crippen molar-refractivity contribution in [3.05, 3.63) is 95.6 Å². The van der Waals surface area contributed by atoms with Crippen molar-refractivity contribution in [1.82, 2.24) is 4.31 Å². The van der Waals surface area contributed by atoms with E-state index < -0.39 is 21.8 Å². The number of anilines is 1. The molecular weight excluding hydrogens is 452 g/mol. The second kappa shape index (κ2) is 8.89. The number of hydrogen-bond acceptors (Lipinski definition) is 5. The number of fused-ring (bicyclic) bond motifs is 1. The SMILES string of the molecule is CC(C)N(C)S(=O)(=O)c1ccc2c(c1)/C(=C(/O)c1ccccc1)C(=O)N2C(=O)c1ccccc1. The lowest BCUT2D eigenvalue weighted by Gasteiger charge is -2.21. The standard InChI is InChI=1S/C26H24N2O5S/c1-17(2)27(3)34(32,33)20-14-15-22-21(16-20)23(24(29)18-10-6-4-7-11-18)26(31)28(22)25(30)19-12-8-5-9-13-19/h4-17,29H,1-3H3/b24-23-. The maximum Gasteiger partial charge on any atom is 0.269 e. The zero-order valence-corrected chi connectivity index (χ0v) is 19.8. The van der Waals surface area contributed by atoms with Gasteiger partial charge in [0.25, 0.3) is 11.8 Å². The summed E-state index contributed by atoms with van der Waals surface area (Å²) < 4.78 is 27.5. The Hall–Kier alpha value is -3.75. The fourth-order valence-electron chi connectivity index (χ4n) is 3.73. The number of hydrogen-bond donors (Lipinski definition) is 1. The number of nitrogens with zero attached hydrogens (tertiary/aromatic N) is 2. The van der Waals surface area contributed by atoms with Gasteiger partial charge in [-0.05, 0) is 44.2 Å². The Bertz CT molecular complexity index is 1400. The van der Waals surface area contributed by atoms with Crippen molar-refractivity contribution in [3.8, 4) is 0 Å². The summed E-state index contributed by atoms with van der Waals surface area (Å²) in [5.74, 6) is -1.63. The summed E-state index contributed by atoms with van der Waals surface area (Å²) in [4.78, 5) is 27.7. The lowest BCUT2D eigenvalue weighted by molar-refractivity contribution is -0.112.